The van der Waals surface area contributed by atoms with Gasteiger partial charge in [0.15, 0.2) is 0 Å². The maximum absolute atomic E-state index is 5.62. The lowest BCUT2D eigenvalue weighted by Crippen LogP contribution is -2.38. The maximum Gasteiger partial charge on any atom is 0.108 e. The third-order valence-corrected chi connectivity index (χ3v) is 2.94. The number of aryl methyl sites for hydroxylation is 1. The Morgan fingerprint density at radius 3 is 2.94 bits per heavy atom. The Labute approximate surface area is 108 Å². The quantitative estimate of drug-likeness (QED) is 0.665. The summed E-state index contributed by atoms with van der Waals surface area (Å²) in [7, 11) is 0. The van der Waals surface area contributed by atoms with Gasteiger partial charge in [-0.25, -0.2) is 0 Å². The van der Waals surface area contributed by atoms with Gasteiger partial charge in [0.25, 0.3) is 0 Å². The average molecular weight is 254 g/mol. The first-order valence-electron chi connectivity index (χ1n) is 6.65. The first kappa shape index (κ1) is 13.5. The van der Waals surface area contributed by atoms with Crippen molar-refractivity contribution >= 4 is 0 Å². The highest BCUT2D eigenvalue weighted by molar-refractivity contribution is 4.89. The second kappa shape index (κ2) is 7.45. The van der Waals surface area contributed by atoms with Gasteiger partial charge in [0.2, 0.25) is 0 Å². The molecule has 2 rings (SSSR count). The molecule has 0 radical (unpaired) electrons. The lowest BCUT2D eigenvalue weighted by molar-refractivity contribution is 0.0176. The summed E-state index contributed by atoms with van der Waals surface area (Å²) in [6.07, 6.45) is 3.03. The van der Waals surface area contributed by atoms with Crippen molar-refractivity contribution in [3.05, 3.63) is 11.9 Å². The molecule has 1 aromatic heterocycles. The van der Waals surface area contributed by atoms with Crippen molar-refractivity contribution in [3.8, 4) is 0 Å². The lowest BCUT2D eigenvalue weighted by atomic mass is 10.4. The van der Waals surface area contributed by atoms with Crippen LogP contribution in [0.15, 0.2) is 6.20 Å². The maximum atomic E-state index is 5.62. The van der Waals surface area contributed by atoms with Gasteiger partial charge in [0.05, 0.1) is 32.6 Å². The van der Waals surface area contributed by atoms with Crippen LogP contribution in [0.5, 0.6) is 0 Å². The first-order chi connectivity index (χ1) is 8.88. The van der Waals surface area contributed by atoms with Gasteiger partial charge in [-0.05, 0) is 6.42 Å². The zero-order chi connectivity index (χ0) is 12.6. The Kier molecular flexibility index (Phi) is 5.57. The number of morpholine rings is 1. The molecule has 1 fully saturated rings. The minimum atomic E-state index is 0.550. The topological polar surface area (TPSA) is 52.4 Å². The average Bonchev–Trinajstić information content (AvgIpc) is 2.84. The number of ether oxygens (including phenoxy) is 2. The molecular weight excluding hydrogens is 232 g/mol. The van der Waals surface area contributed by atoms with E-state index in [9.17, 15) is 0 Å². The van der Waals surface area contributed by atoms with Gasteiger partial charge in [0, 0.05) is 26.2 Å². The molecule has 0 unspecified atom stereocenters. The van der Waals surface area contributed by atoms with E-state index in [1.807, 2.05) is 10.9 Å². The monoisotopic (exact) mass is 254 g/mol. The van der Waals surface area contributed by atoms with Crippen LogP contribution in [0, 0.1) is 0 Å². The van der Waals surface area contributed by atoms with Crippen molar-refractivity contribution in [1.29, 1.82) is 0 Å². The molecule has 1 aliphatic rings. The predicted molar refractivity (Wildman–Crippen MR) is 67.2 cm³/mol. The summed E-state index contributed by atoms with van der Waals surface area (Å²) in [4.78, 5) is 2.36. The molecule has 0 N–H and O–H groups in total. The summed E-state index contributed by atoms with van der Waals surface area (Å²) in [6, 6.07) is 0. The summed E-state index contributed by atoms with van der Waals surface area (Å²) in [5.74, 6) is 0. The van der Waals surface area contributed by atoms with Gasteiger partial charge >= 0.3 is 0 Å². The second-order valence-electron chi connectivity index (χ2n) is 4.48. The number of hydrogen-bond acceptors (Lipinski definition) is 5. The van der Waals surface area contributed by atoms with Crippen molar-refractivity contribution in [3.63, 3.8) is 0 Å². The van der Waals surface area contributed by atoms with Crippen molar-refractivity contribution in [2.24, 2.45) is 0 Å². The van der Waals surface area contributed by atoms with Crippen LogP contribution >= 0.6 is 0 Å². The van der Waals surface area contributed by atoms with Crippen molar-refractivity contribution < 1.29 is 9.47 Å². The Morgan fingerprint density at radius 2 is 2.17 bits per heavy atom. The van der Waals surface area contributed by atoms with E-state index in [0.717, 1.165) is 58.1 Å². The normalized spacial score (nSPS) is 17.2. The summed E-state index contributed by atoms with van der Waals surface area (Å²) >= 11 is 0. The molecule has 2 heterocycles. The van der Waals surface area contributed by atoms with Crippen molar-refractivity contribution in [1.82, 2.24) is 19.9 Å². The number of rotatable bonds is 7. The highest BCUT2D eigenvalue weighted by Crippen LogP contribution is 1.99. The van der Waals surface area contributed by atoms with Crippen LogP contribution in [0.25, 0.3) is 0 Å². The third kappa shape index (κ3) is 4.36. The van der Waals surface area contributed by atoms with Crippen molar-refractivity contribution in [2.45, 2.75) is 26.5 Å². The van der Waals surface area contributed by atoms with E-state index in [-0.39, 0.29) is 0 Å². The molecule has 1 aliphatic heterocycles. The lowest BCUT2D eigenvalue weighted by Gasteiger charge is -2.26. The molecule has 1 saturated heterocycles. The fraction of sp³-hybridized carbons (Fsp3) is 0.833. The van der Waals surface area contributed by atoms with E-state index in [2.05, 4.69) is 22.1 Å². The molecule has 102 valence electrons. The summed E-state index contributed by atoms with van der Waals surface area (Å²) < 4.78 is 12.8. The molecule has 0 atom stereocenters. The number of hydrogen-bond donors (Lipinski definition) is 0. The van der Waals surface area contributed by atoms with E-state index in [4.69, 9.17) is 9.47 Å². The van der Waals surface area contributed by atoms with Crippen LogP contribution < -0.4 is 0 Å². The van der Waals surface area contributed by atoms with E-state index in [0.29, 0.717) is 6.61 Å². The van der Waals surface area contributed by atoms with Crippen LogP contribution in [0.4, 0.5) is 0 Å². The standard InChI is InChI=1S/C12H22N4O2/c1-2-3-16-10-12(13-14-16)11-18-9-6-15-4-7-17-8-5-15/h10H,2-9,11H2,1H3. The van der Waals surface area contributed by atoms with Crippen LogP contribution in [0.2, 0.25) is 0 Å². The summed E-state index contributed by atoms with van der Waals surface area (Å²) in [5.41, 5.74) is 0.908. The van der Waals surface area contributed by atoms with Gasteiger partial charge in [-0.1, -0.05) is 12.1 Å². The zero-order valence-electron chi connectivity index (χ0n) is 11.0. The van der Waals surface area contributed by atoms with Crippen molar-refractivity contribution in [2.75, 3.05) is 39.5 Å². The van der Waals surface area contributed by atoms with Gasteiger partial charge in [0.1, 0.15) is 5.69 Å². The van der Waals surface area contributed by atoms with Gasteiger partial charge < -0.3 is 9.47 Å². The van der Waals surface area contributed by atoms with Crippen LogP contribution in [0.1, 0.15) is 19.0 Å². The Balaban J connectivity index is 1.59. The Bertz CT molecular complexity index is 337. The fourth-order valence-corrected chi connectivity index (χ4v) is 1.94. The predicted octanol–water partition coefficient (Wildman–Crippen LogP) is 0.537. The van der Waals surface area contributed by atoms with Gasteiger partial charge in [-0.3, -0.25) is 9.58 Å². The molecule has 0 aliphatic carbocycles. The van der Waals surface area contributed by atoms with Crippen LogP contribution in [-0.4, -0.2) is 59.3 Å². The van der Waals surface area contributed by atoms with Gasteiger partial charge in [-0.2, -0.15) is 0 Å². The Hall–Kier alpha value is -0.980. The molecule has 0 saturated carbocycles. The molecule has 1 aromatic rings. The molecule has 0 amide bonds. The summed E-state index contributed by atoms with van der Waals surface area (Å²) in [6.45, 7) is 8.99. The SMILES string of the molecule is CCCn1cc(COCCN2CCOCC2)nn1. The molecule has 18 heavy (non-hydrogen) atoms. The van der Waals surface area contributed by atoms with E-state index >= 15 is 0 Å². The highest BCUT2D eigenvalue weighted by Gasteiger charge is 2.09. The molecule has 6 nitrogen and oxygen atoms in total. The van der Waals surface area contributed by atoms with E-state index in [1.165, 1.54) is 0 Å². The molecular formula is C12H22N4O2. The van der Waals surface area contributed by atoms with E-state index < -0.39 is 0 Å². The van der Waals surface area contributed by atoms with E-state index in [1.54, 1.807) is 0 Å². The Morgan fingerprint density at radius 1 is 1.33 bits per heavy atom. The van der Waals surface area contributed by atoms with Gasteiger partial charge in [-0.15, -0.1) is 5.10 Å². The fourth-order valence-electron chi connectivity index (χ4n) is 1.94. The largest absolute Gasteiger partial charge is 0.379 e. The third-order valence-electron chi connectivity index (χ3n) is 2.94. The van der Waals surface area contributed by atoms with Crippen LogP contribution in [-0.2, 0) is 22.6 Å². The molecule has 0 aromatic carbocycles. The smallest absolute Gasteiger partial charge is 0.108 e. The minimum Gasteiger partial charge on any atom is -0.379 e. The highest BCUT2D eigenvalue weighted by atomic mass is 16.5. The summed E-state index contributed by atoms with van der Waals surface area (Å²) in [5, 5.41) is 8.11. The molecule has 0 spiro atoms. The number of aromatic nitrogens is 3. The zero-order valence-corrected chi connectivity index (χ0v) is 11.0. The van der Waals surface area contributed by atoms with Crippen LogP contribution in [0.3, 0.4) is 0 Å². The second-order valence-corrected chi connectivity index (χ2v) is 4.48. The minimum absolute atomic E-state index is 0.550. The molecule has 0 bridgehead atoms. The first-order valence-corrected chi connectivity index (χ1v) is 6.65. The molecule has 6 heteroatoms. The number of nitrogens with zero attached hydrogens (tertiary/aromatic N) is 4.